The van der Waals surface area contributed by atoms with Crippen LogP contribution in [-0.2, 0) is 11.2 Å². The quantitative estimate of drug-likeness (QED) is 0.738. The van der Waals surface area contributed by atoms with Crippen LogP contribution >= 0.6 is 0 Å². The lowest BCUT2D eigenvalue weighted by Gasteiger charge is -2.10. The van der Waals surface area contributed by atoms with Crippen molar-refractivity contribution in [3.63, 3.8) is 0 Å². The molecule has 0 unspecified atom stereocenters. The summed E-state index contributed by atoms with van der Waals surface area (Å²) in [6.45, 7) is 6.98. The average molecular weight is 265 g/mol. The predicted molar refractivity (Wildman–Crippen MR) is 76.6 cm³/mol. The first-order valence-corrected chi connectivity index (χ1v) is 6.65. The number of aromatic nitrogens is 1. The minimum Gasteiger partial charge on any atom is -0.377 e. The Bertz CT molecular complexity index is 397. The monoisotopic (exact) mass is 265 g/mol. The van der Waals surface area contributed by atoms with Gasteiger partial charge in [-0.2, -0.15) is 0 Å². The number of ether oxygens (including phenoxy) is 1. The largest absolute Gasteiger partial charge is 0.377 e. The number of rotatable bonds is 7. The predicted octanol–water partition coefficient (Wildman–Crippen LogP) is 1.84. The van der Waals surface area contributed by atoms with Crippen molar-refractivity contribution in [1.82, 2.24) is 10.3 Å². The van der Waals surface area contributed by atoms with Crippen LogP contribution in [0.15, 0.2) is 12.1 Å². The zero-order chi connectivity index (χ0) is 14.3. The Morgan fingerprint density at radius 3 is 2.74 bits per heavy atom. The highest BCUT2D eigenvalue weighted by Crippen LogP contribution is 2.10. The molecule has 0 spiro atoms. The van der Waals surface area contributed by atoms with Crippen molar-refractivity contribution >= 4 is 11.7 Å². The van der Waals surface area contributed by atoms with E-state index in [4.69, 9.17) is 4.74 Å². The maximum Gasteiger partial charge on any atom is 0.251 e. The average Bonchev–Trinajstić information content (AvgIpc) is 2.42. The first-order chi connectivity index (χ1) is 9.06. The Morgan fingerprint density at radius 1 is 1.42 bits per heavy atom. The molecule has 0 fully saturated rings. The zero-order valence-corrected chi connectivity index (χ0v) is 12.1. The molecule has 0 bridgehead atoms. The van der Waals surface area contributed by atoms with E-state index in [1.807, 2.05) is 26.8 Å². The lowest BCUT2D eigenvalue weighted by Crippen LogP contribution is -2.28. The van der Waals surface area contributed by atoms with Crippen molar-refractivity contribution in [3.05, 3.63) is 23.4 Å². The summed E-state index contributed by atoms with van der Waals surface area (Å²) in [5.41, 5.74) is 1.52. The summed E-state index contributed by atoms with van der Waals surface area (Å²) >= 11 is 0. The summed E-state index contributed by atoms with van der Waals surface area (Å²) < 4.78 is 5.38. The number of carbonyl (C=O) groups is 1. The third-order valence-electron chi connectivity index (χ3n) is 2.60. The van der Waals surface area contributed by atoms with Gasteiger partial charge in [0, 0.05) is 24.8 Å². The maximum absolute atomic E-state index is 12.0. The van der Waals surface area contributed by atoms with Crippen LogP contribution in [0.1, 0.15) is 36.8 Å². The van der Waals surface area contributed by atoms with Crippen LogP contribution in [0.4, 0.5) is 5.82 Å². The van der Waals surface area contributed by atoms with E-state index in [2.05, 4.69) is 15.6 Å². The first kappa shape index (κ1) is 15.4. The van der Waals surface area contributed by atoms with E-state index in [-0.39, 0.29) is 12.0 Å². The van der Waals surface area contributed by atoms with E-state index in [1.165, 1.54) is 0 Å². The number of amides is 1. The lowest BCUT2D eigenvalue weighted by molar-refractivity contribution is 0.0746. The number of carbonyl (C=O) groups excluding carboxylic acids is 1. The second-order valence-electron chi connectivity index (χ2n) is 4.51. The first-order valence-electron chi connectivity index (χ1n) is 6.65. The molecular weight excluding hydrogens is 242 g/mol. The molecule has 1 amide bonds. The van der Waals surface area contributed by atoms with E-state index in [1.54, 1.807) is 13.1 Å². The standard InChI is InChI=1S/C14H23N3O2/c1-5-12-8-11(9-13(15-4)17-12)14(18)16-6-7-19-10(2)3/h8-10H,5-7H2,1-4H3,(H,15,17)(H,16,18). The van der Waals surface area contributed by atoms with Crippen LogP contribution in [0.5, 0.6) is 0 Å². The van der Waals surface area contributed by atoms with E-state index < -0.39 is 0 Å². The zero-order valence-electron chi connectivity index (χ0n) is 12.1. The number of anilines is 1. The van der Waals surface area contributed by atoms with Crippen LogP contribution in [-0.4, -0.2) is 37.2 Å². The molecule has 0 aliphatic rings. The fourth-order valence-electron chi connectivity index (χ4n) is 1.59. The van der Waals surface area contributed by atoms with Gasteiger partial charge in [-0.05, 0) is 32.4 Å². The van der Waals surface area contributed by atoms with Gasteiger partial charge in [-0.25, -0.2) is 4.98 Å². The topological polar surface area (TPSA) is 63.2 Å². The Morgan fingerprint density at radius 2 is 2.16 bits per heavy atom. The molecule has 0 saturated heterocycles. The highest BCUT2D eigenvalue weighted by molar-refractivity contribution is 5.95. The molecule has 1 heterocycles. The Hall–Kier alpha value is -1.62. The summed E-state index contributed by atoms with van der Waals surface area (Å²) in [4.78, 5) is 16.4. The van der Waals surface area contributed by atoms with Crippen LogP contribution in [0, 0.1) is 0 Å². The summed E-state index contributed by atoms with van der Waals surface area (Å²) in [5.74, 6) is 0.615. The molecule has 0 atom stereocenters. The van der Waals surface area contributed by atoms with Gasteiger partial charge < -0.3 is 15.4 Å². The third-order valence-corrected chi connectivity index (χ3v) is 2.60. The number of hydrogen-bond donors (Lipinski definition) is 2. The van der Waals surface area contributed by atoms with Gasteiger partial charge in [0.2, 0.25) is 0 Å². The molecule has 2 N–H and O–H groups in total. The van der Waals surface area contributed by atoms with Crippen molar-refractivity contribution in [1.29, 1.82) is 0 Å². The van der Waals surface area contributed by atoms with Gasteiger partial charge in [0.15, 0.2) is 0 Å². The van der Waals surface area contributed by atoms with Crippen LogP contribution in [0.25, 0.3) is 0 Å². The minimum absolute atomic E-state index is 0.0963. The van der Waals surface area contributed by atoms with Gasteiger partial charge in [-0.15, -0.1) is 0 Å². The number of pyridine rings is 1. The molecule has 1 rings (SSSR count). The minimum atomic E-state index is -0.0963. The molecule has 1 aromatic rings. The van der Waals surface area contributed by atoms with E-state index >= 15 is 0 Å². The second-order valence-corrected chi connectivity index (χ2v) is 4.51. The van der Waals surface area contributed by atoms with Crippen molar-refractivity contribution in [3.8, 4) is 0 Å². The third kappa shape index (κ3) is 5.26. The molecular formula is C14H23N3O2. The fourth-order valence-corrected chi connectivity index (χ4v) is 1.59. The number of nitrogens with zero attached hydrogens (tertiary/aromatic N) is 1. The van der Waals surface area contributed by atoms with Crippen LogP contribution < -0.4 is 10.6 Å². The summed E-state index contributed by atoms with van der Waals surface area (Å²) in [6, 6.07) is 3.57. The van der Waals surface area contributed by atoms with Crippen molar-refractivity contribution in [2.45, 2.75) is 33.3 Å². The van der Waals surface area contributed by atoms with E-state index in [0.717, 1.165) is 12.1 Å². The fraction of sp³-hybridized carbons (Fsp3) is 0.571. The second kappa shape index (κ2) is 7.74. The highest BCUT2D eigenvalue weighted by atomic mass is 16.5. The smallest absolute Gasteiger partial charge is 0.251 e. The molecule has 106 valence electrons. The van der Waals surface area contributed by atoms with E-state index in [9.17, 15) is 4.79 Å². The summed E-state index contributed by atoms with van der Waals surface area (Å²) in [7, 11) is 1.79. The van der Waals surface area contributed by atoms with E-state index in [0.29, 0.717) is 24.5 Å². The molecule has 5 nitrogen and oxygen atoms in total. The molecule has 5 heteroatoms. The number of nitrogens with one attached hydrogen (secondary N) is 2. The van der Waals surface area contributed by atoms with Gasteiger partial charge in [0.25, 0.3) is 5.91 Å². The molecule has 19 heavy (non-hydrogen) atoms. The number of aryl methyl sites for hydroxylation is 1. The highest BCUT2D eigenvalue weighted by Gasteiger charge is 2.08. The van der Waals surface area contributed by atoms with Gasteiger partial charge >= 0.3 is 0 Å². The van der Waals surface area contributed by atoms with Gasteiger partial charge in [0.05, 0.1) is 12.7 Å². The summed E-state index contributed by atoms with van der Waals surface area (Å²) in [6.07, 6.45) is 0.979. The Labute approximate surface area is 114 Å². The lowest BCUT2D eigenvalue weighted by atomic mass is 10.2. The normalized spacial score (nSPS) is 10.6. The van der Waals surface area contributed by atoms with Gasteiger partial charge in [-0.1, -0.05) is 6.92 Å². The molecule has 0 aliphatic carbocycles. The number of hydrogen-bond acceptors (Lipinski definition) is 4. The molecule has 0 radical (unpaired) electrons. The molecule has 1 aromatic heterocycles. The van der Waals surface area contributed by atoms with Gasteiger partial charge in [-0.3, -0.25) is 4.79 Å². The van der Waals surface area contributed by atoms with Crippen molar-refractivity contribution in [2.24, 2.45) is 0 Å². The molecule has 0 aromatic carbocycles. The van der Waals surface area contributed by atoms with Crippen molar-refractivity contribution in [2.75, 3.05) is 25.5 Å². The summed E-state index contributed by atoms with van der Waals surface area (Å²) in [5, 5.41) is 5.80. The van der Waals surface area contributed by atoms with Crippen molar-refractivity contribution < 1.29 is 9.53 Å². The Balaban J connectivity index is 2.60. The SMILES string of the molecule is CCc1cc(C(=O)NCCOC(C)C)cc(NC)n1. The van der Waals surface area contributed by atoms with Crippen LogP contribution in [0.3, 0.4) is 0 Å². The Kier molecular flexibility index (Phi) is 6.29. The van der Waals surface area contributed by atoms with Gasteiger partial charge in [0.1, 0.15) is 5.82 Å². The molecule has 0 saturated carbocycles. The maximum atomic E-state index is 12.0. The van der Waals surface area contributed by atoms with Crippen LogP contribution in [0.2, 0.25) is 0 Å². The molecule has 0 aliphatic heterocycles.